The van der Waals surface area contributed by atoms with Crippen LogP contribution in [0.4, 0.5) is 8.78 Å². The Labute approximate surface area is 188 Å². The number of rotatable bonds is 4. The second-order valence-corrected chi connectivity index (χ2v) is 9.32. The first-order valence-corrected chi connectivity index (χ1v) is 11.5. The fourth-order valence-corrected chi connectivity index (χ4v) is 5.26. The van der Waals surface area contributed by atoms with E-state index in [2.05, 4.69) is 9.97 Å². The maximum Gasteiger partial charge on any atom is 0.274 e. The number of hydrogen-bond acceptors (Lipinski definition) is 4. The predicted octanol–water partition coefficient (Wildman–Crippen LogP) is 5.28. The minimum atomic E-state index is -0.317. The van der Waals surface area contributed by atoms with E-state index < -0.39 is 0 Å². The van der Waals surface area contributed by atoms with E-state index in [-0.39, 0.29) is 23.6 Å². The van der Waals surface area contributed by atoms with Crippen molar-refractivity contribution in [3.63, 3.8) is 0 Å². The predicted molar refractivity (Wildman–Crippen MR) is 120 cm³/mol. The van der Waals surface area contributed by atoms with Gasteiger partial charge in [-0.05, 0) is 56.0 Å². The maximum absolute atomic E-state index is 13.6. The maximum atomic E-state index is 13.6. The van der Waals surface area contributed by atoms with E-state index in [1.165, 1.54) is 35.7 Å². The molecule has 1 aliphatic rings. The van der Waals surface area contributed by atoms with Gasteiger partial charge in [0.1, 0.15) is 23.0 Å². The summed E-state index contributed by atoms with van der Waals surface area (Å²) in [6, 6.07) is 9.20. The molecular formula is C24H22F2N4OS. The number of halogens is 2. The molecule has 1 atom stereocenters. The molecule has 0 spiro atoms. The van der Waals surface area contributed by atoms with E-state index in [9.17, 15) is 13.6 Å². The summed E-state index contributed by atoms with van der Waals surface area (Å²) in [5.41, 5.74) is 2.72. The van der Waals surface area contributed by atoms with Gasteiger partial charge in [-0.3, -0.25) is 4.79 Å². The van der Waals surface area contributed by atoms with Gasteiger partial charge in [-0.2, -0.15) is 0 Å². The van der Waals surface area contributed by atoms with Crippen molar-refractivity contribution >= 4 is 22.9 Å². The molecule has 8 heteroatoms. The van der Waals surface area contributed by atoms with Gasteiger partial charge >= 0.3 is 0 Å². The summed E-state index contributed by atoms with van der Waals surface area (Å²) >= 11 is 1.44. The highest BCUT2D eigenvalue weighted by atomic mass is 32.1. The molecule has 0 saturated carbocycles. The van der Waals surface area contributed by atoms with Crippen LogP contribution in [0.1, 0.15) is 40.5 Å². The number of aromatic nitrogens is 3. The minimum absolute atomic E-state index is 0.00548. The smallest absolute Gasteiger partial charge is 0.274 e. The first-order valence-electron chi connectivity index (χ1n) is 10.7. The Hall–Kier alpha value is -3.13. The van der Waals surface area contributed by atoms with Crippen molar-refractivity contribution in [2.24, 2.45) is 0 Å². The van der Waals surface area contributed by atoms with Crippen LogP contribution in [0.15, 0.2) is 48.8 Å². The highest BCUT2D eigenvalue weighted by Gasteiger charge is 2.31. The Morgan fingerprint density at radius 1 is 1.06 bits per heavy atom. The number of carbonyl (C=O) groups is 1. The van der Waals surface area contributed by atoms with Crippen LogP contribution in [-0.4, -0.2) is 37.8 Å². The molecule has 5 rings (SSSR count). The third kappa shape index (κ3) is 4.02. The Morgan fingerprint density at radius 2 is 1.84 bits per heavy atom. The second kappa shape index (κ2) is 8.43. The molecule has 0 aliphatic carbocycles. The normalized spacial score (nSPS) is 16.6. The fraction of sp³-hybridized carbons (Fsp3) is 0.292. The number of benzene rings is 1. The highest BCUT2D eigenvalue weighted by Crippen LogP contribution is 2.33. The summed E-state index contributed by atoms with van der Waals surface area (Å²) < 4.78 is 28.6. The van der Waals surface area contributed by atoms with Crippen molar-refractivity contribution in [3.8, 4) is 10.4 Å². The molecule has 4 aromatic rings. The number of likely N-dealkylation sites (tertiary alicyclic amines) is 1. The molecule has 4 heterocycles. The molecule has 1 aromatic carbocycles. The largest absolute Gasteiger partial charge is 0.334 e. The van der Waals surface area contributed by atoms with E-state index in [1.807, 2.05) is 18.0 Å². The van der Waals surface area contributed by atoms with Gasteiger partial charge in [0, 0.05) is 31.4 Å². The number of pyridine rings is 1. The summed E-state index contributed by atoms with van der Waals surface area (Å²) in [6.07, 6.45) is 6.69. The molecule has 0 radical (unpaired) electrons. The van der Waals surface area contributed by atoms with Gasteiger partial charge in [0.15, 0.2) is 0 Å². The molecule has 32 heavy (non-hydrogen) atoms. The third-order valence-electron chi connectivity index (χ3n) is 5.84. The Morgan fingerprint density at radius 3 is 2.66 bits per heavy atom. The molecule has 0 unspecified atom stereocenters. The van der Waals surface area contributed by atoms with Crippen molar-refractivity contribution < 1.29 is 13.6 Å². The van der Waals surface area contributed by atoms with E-state index in [4.69, 9.17) is 0 Å². The van der Waals surface area contributed by atoms with Gasteiger partial charge in [0.05, 0.1) is 15.6 Å². The zero-order valence-electron chi connectivity index (χ0n) is 17.6. The number of aryl methyl sites for hydroxylation is 1. The lowest BCUT2D eigenvalue weighted by Gasteiger charge is -2.35. The SMILES string of the molecule is Cc1nc(C(=O)N2CCCC[C@H]2Cc2cn3cc(F)ccc3n2)c(-c2ccc(F)cc2)s1. The van der Waals surface area contributed by atoms with E-state index in [0.29, 0.717) is 24.3 Å². The number of hydrogen-bond donors (Lipinski definition) is 0. The number of thiazole rings is 1. The van der Waals surface area contributed by atoms with Crippen LogP contribution in [0.2, 0.25) is 0 Å². The number of fused-ring (bicyclic) bond motifs is 1. The molecule has 164 valence electrons. The molecule has 0 bridgehead atoms. The average Bonchev–Trinajstić information content (AvgIpc) is 3.36. The van der Waals surface area contributed by atoms with Gasteiger partial charge in [-0.25, -0.2) is 18.7 Å². The van der Waals surface area contributed by atoms with Gasteiger partial charge in [0.25, 0.3) is 5.91 Å². The number of imidazole rings is 1. The molecule has 1 amide bonds. The van der Waals surface area contributed by atoms with Crippen molar-refractivity contribution in [1.29, 1.82) is 0 Å². The van der Waals surface area contributed by atoms with Crippen LogP contribution in [-0.2, 0) is 6.42 Å². The van der Waals surface area contributed by atoms with E-state index >= 15 is 0 Å². The van der Waals surface area contributed by atoms with Crippen molar-refractivity contribution in [2.45, 2.75) is 38.6 Å². The first kappa shape index (κ1) is 20.8. The lowest BCUT2D eigenvalue weighted by atomic mass is 9.97. The van der Waals surface area contributed by atoms with Crippen LogP contribution in [0.3, 0.4) is 0 Å². The van der Waals surface area contributed by atoms with Gasteiger partial charge in [0.2, 0.25) is 0 Å². The third-order valence-corrected chi connectivity index (χ3v) is 6.86. The monoisotopic (exact) mass is 452 g/mol. The molecule has 1 fully saturated rings. The van der Waals surface area contributed by atoms with Crippen LogP contribution in [0, 0.1) is 18.6 Å². The van der Waals surface area contributed by atoms with Crippen molar-refractivity contribution in [1.82, 2.24) is 19.3 Å². The molecule has 5 nitrogen and oxygen atoms in total. The van der Waals surface area contributed by atoms with Gasteiger partial charge in [-0.1, -0.05) is 12.1 Å². The Kier molecular flexibility index (Phi) is 5.46. The summed E-state index contributed by atoms with van der Waals surface area (Å²) in [7, 11) is 0. The van der Waals surface area contributed by atoms with Crippen molar-refractivity contribution in [2.75, 3.05) is 6.54 Å². The molecule has 1 saturated heterocycles. The quantitative estimate of drug-likeness (QED) is 0.423. The lowest BCUT2D eigenvalue weighted by Crippen LogP contribution is -2.45. The molecular weight excluding hydrogens is 430 g/mol. The molecule has 3 aromatic heterocycles. The Balaban J connectivity index is 1.43. The van der Waals surface area contributed by atoms with Crippen LogP contribution in [0.5, 0.6) is 0 Å². The first-order chi connectivity index (χ1) is 15.5. The summed E-state index contributed by atoms with van der Waals surface area (Å²) in [5, 5.41) is 0.795. The van der Waals surface area contributed by atoms with Crippen molar-refractivity contribution in [3.05, 3.63) is 76.8 Å². The summed E-state index contributed by atoms with van der Waals surface area (Å²) in [6.45, 7) is 2.53. The summed E-state index contributed by atoms with van der Waals surface area (Å²) in [4.78, 5) is 25.4. The average molecular weight is 453 g/mol. The van der Waals surface area contributed by atoms with Gasteiger partial charge < -0.3 is 9.30 Å². The zero-order chi connectivity index (χ0) is 22.2. The number of nitrogens with zero attached hydrogens (tertiary/aromatic N) is 4. The highest BCUT2D eigenvalue weighted by molar-refractivity contribution is 7.15. The summed E-state index contributed by atoms with van der Waals surface area (Å²) in [5.74, 6) is -0.734. The zero-order valence-corrected chi connectivity index (χ0v) is 18.4. The second-order valence-electron chi connectivity index (χ2n) is 8.11. The standard InChI is InChI=1S/C24H22F2N4OS/c1-15-27-22(23(32-15)16-5-7-17(25)8-6-16)24(31)30-11-3-2-4-20(30)12-19-14-29-13-18(26)9-10-21(29)28-19/h5-10,13-14,20H,2-4,11-12H2,1H3/t20-/m0/s1. The number of piperidine rings is 1. The van der Waals surface area contributed by atoms with Crippen LogP contribution >= 0.6 is 11.3 Å². The fourth-order valence-electron chi connectivity index (χ4n) is 4.34. The van der Waals surface area contributed by atoms with E-state index in [0.717, 1.165) is 40.4 Å². The Bertz CT molecular complexity index is 1280. The number of amides is 1. The van der Waals surface area contributed by atoms with Crippen LogP contribution < -0.4 is 0 Å². The number of carbonyl (C=O) groups excluding carboxylic acids is 1. The molecule has 1 aliphatic heterocycles. The van der Waals surface area contributed by atoms with Crippen LogP contribution in [0.25, 0.3) is 16.1 Å². The topological polar surface area (TPSA) is 50.5 Å². The minimum Gasteiger partial charge on any atom is -0.334 e. The van der Waals surface area contributed by atoms with E-state index in [1.54, 1.807) is 22.6 Å². The van der Waals surface area contributed by atoms with Gasteiger partial charge in [-0.15, -0.1) is 11.3 Å². The molecule has 0 N–H and O–H groups in total. The lowest BCUT2D eigenvalue weighted by molar-refractivity contribution is 0.0608.